The largest absolute Gasteiger partial charge is 0.481 e. The van der Waals surface area contributed by atoms with Crippen LogP contribution >= 0.6 is 0 Å². The molecule has 2 amide bonds. The molecule has 3 N–H and O–H groups in total. The van der Waals surface area contributed by atoms with Gasteiger partial charge in [-0.1, -0.05) is 0 Å². The van der Waals surface area contributed by atoms with E-state index in [1.165, 1.54) is 4.90 Å². The number of aliphatic hydroxyl groups excluding tert-OH is 1. The van der Waals surface area contributed by atoms with Gasteiger partial charge in [0.1, 0.15) is 0 Å². The zero-order chi connectivity index (χ0) is 12.8. The van der Waals surface area contributed by atoms with Crippen molar-refractivity contribution in [3.63, 3.8) is 0 Å². The van der Waals surface area contributed by atoms with Crippen LogP contribution in [0.25, 0.3) is 0 Å². The molecule has 1 fully saturated rings. The van der Waals surface area contributed by atoms with Gasteiger partial charge in [-0.15, -0.1) is 0 Å². The van der Waals surface area contributed by atoms with Crippen molar-refractivity contribution in [3.8, 4) is 0 Å². The van der Waals surface area contributed by atoms with Gasteiger partial charge in [0.15, 0.2) is 0 Å². The van der Waals surface area contributed by atoms with E-state index in [-0.39, 0.29) is 37.8 Å². The van der Waals surface area contributed by atoms with Crippen LogP contribution < -0.4 is 5.32 Å². The first-order valence-electron chi connectivity index (χ1n) is 5.53. The number of rotatable bonds is 4. The van der Waals surface area contributed by atoms with Crippen LogP contribution in [0.4, 0.5) is 4.79 Å². The van der Waals surface area contributed by atoms with Crippen molar-refractivity contribution in [1.82, 2.24) is 10.2 Å². The van der Waals surface area contributed by atoms with E-state index in [1.807, 2.05) is 6.92 Å². The van der Waals surface area contributed by atoms with Crippen molar-refractivity contribution in [2.24, 2.45) is 0 Å². The minimum atomic E-state index is -0.950. The van der Waals surface area contributed by atoms with Gasteiger partial charge >= 0.3 is 12.0 Å². The van der Waals surface area contributed by atoms with Crippen LogP contribution in [0.3, 0.4) is 0 Å². The minimum absolute atomic E-state index is 0.101. The van der Waals surface area contributed by atoms with Crippen LogP contribution in [-0.2, 0) is 9.53 Å². The molecule has 1 aliphatic rings. The Morgan fingerprint density at radius 1 is 1.47 bits per heavy atom. The van der Waals surface area contributed by atoms with Gasteiger partial charge < -0.3 is 25.2 Å². The molecule has 0 saturated carbocycles. The standard InChI is InChI=1S/C10H18N2O5/c1-7-4-12(5-8(6-13)17-7)10(16)11-3-2-9(14)15/h7-8,13H,2-6H2,1H3,(H,11,16)(H,14,15). The van der Waals surface area contributed by atoms with Gasteiger partial charge in [-0.05, 0) is 6.92 Å². The number of hydrogen-bond donors (Lipinski definition) is 3. The second kappa shape index (κ2) is 6.41. The average molecular weight is 246 g/mol. The van der Waals surface area contributed by atoms with E-state index < -0.39 is 5.97 Å². The molecule has 0 aromatic carbocycles. The van der Waals surface area contributed by atoms with E-state index in [1.54, 1.807) is 0 Å². The van der Waals surface area contributed by atoms with Crippen LogP contribution in [0.2, 0.25) is 0 Å². The molecule has 0 aromatic heterocycles. The summed E-state index contributed by atoms with van der Waals surface area (Å²) < 4.78 is 5.39. The van der Waals surface area contributed by atoms with E-state index in [0.717, 1.165) is 0 Å². The second-order valence-electron chi connectivity index (χ2n) is 4.03. The molecule has 1 heterocycles. The fourth-order valence-corrected chi connectivity index (χ4v) is 1.70. The average Bonchev–Trinajstić information content (AvgIpc) is 2.27. The summed E-state index contributed by atoms with van der Waals surface area (Å²) in [6.07, 6.45) is -0.607. The molecule has 0 bridgehead atoms. The Bertz CT molecular complexity index is 284. The van der Waals surface area contributed by atoms with E-state index in [9.17, 15) is 9.59 Å². The summed E-state index contributed by atoms with van der Waals surface area (Å²) in [5, 5.41) is 20.0. The van der Waals surface area contributed by atoms with E-state index >= 15 is 0 Å². The highest BCUT2D eigenvalue weighted by molar-refractivity contribution is 5.75. The van der Waals surface area contributed by atoms with Gasteiger partial charge in [0.2, 0.25) is 0 Å². The number of carboxylic acids is 1. The predicted octanol–water partition coefficient (Wildman–Crippen LogP) is -0.748. The first kappa shape index (κ1) is 13.7. The zero-order valence-electron chi connectivity index (χ0n) is 9.76. The molecular weight excluding hydrogens is 228 g/mol. The summed E-state index contributed by atoms with van der Waals surface area (Å²) in [5.74, 6) is -0.950. The topological polar surface area (TPSA) is 99.1 Å². The molecule has 7 nitrogen and oxygen atoms in total. The van der Waals surface area contributed by atoms with Gasteiger partial charge in [-0.25, -0.2) is 4.79 Å². The highest BCUT2D eigenvalue weighted by atomic mass is 16.5. The van der Waals surface area contributed by atoms with Crippen LogP contribution in [-0.4, -0.2) is 65.6 Å². The number of carbonyl (C=O) groups excluding carboxylic acids is 1. The number of morpholine rings is 1. The summed E-state index contributed by atoms with van der Waals surface area (Å²) in [5.41, 5.74) is 0. The van der Waals surface area contributed by atoms with Gasteiger partial charge in [0.05, 0.1) is 31.8 Å². The van der Waals surface area contributed by atoms with Crippen LogP contribution in [0.1, 0.15) is 13.3 Å². The molecule has 0 radical (unpaired) electrons. The lowest BCUT2D eigenvalue weighted by Crippen LogP contribution is -2.53. The summed E-state index contributed by atoms with van der Waals surface area (Å²) >= 11 is 0. The lowest BCUT2D eigenvalue weighted by molar-refractivity contribution is -0.136. The molecule has 0 aliphatic carbocycles. The summed E-state index contributed by atoms with van der Waals surface area (Å²) in [4.78, 5) is 23.5. The van der Waals surface area contributed by atoms with Crippen molar-refractivity contribution < 1.29 is 24.5 Å². The number of carbonyl (C=O) groups is 2. The minimum Gasteiger partial charge on any atom is -0.481 e. The quantitative estimate of drug-likeness (QED) is 0.606. The van der Waals surface area contributed by atoms with Crippen molar-refractivity contribution >= 4 is 12.0 Å². The Kier molecular flexibility index (Phi) is 5.17. The van der Waals surface area contributed by atoms with Crippen LogP contribution in [0, 0.1) is 0 Å². The maximum atomic E-state index is 11.7. The lowest BCUT2D eigenvalue weighted by Gasteiger charge is -2.35. The first-order valence-corrected chi connectivity index (χ1v) is 5.53. The number of nitrogens with zero attached hydrogens (tertiary/aromatic N) is 1. The number of aliphatic hydroxyl groups is 1. The fourth-order valence-electron chi connectivity index (χ4n) is 1.70. The third kappa shape index (κ3) is 4.58. The Morgan fingerprint density at radius 3 is 2.76 bits per heavy atom. The number of urea groups is 1. The molecule has 1 rings (SSSR count). The molecule has 98 valence electrons. The molecule has 7 heteroatoms. The van der Waals surface area contributed by atoms with Crippen molar-refractivity contribution in [2.75, 3.05) is 26.2 Å². The number of ether oxygens (including phenoxy) is 1. The maximum absolute atomic E-state index is 11.7. The van der Waals surface area contributed by atoms with E-state index in [0.29, 0.717) is 13.1 Å². The van der Waals surface area contributed by atoms with Gasteiger partial charge in [-0.2, -0.15) is 0 Å². The summed E-state index contributed by atoms with van der Waals surface area (Å²) in [6.45, 7) is 2.54. The SMILES string of the molecule is CC1CN(C(=O)NCCC(=O)O)CC(CO)O1. The molecule has 2 atom stereocenters. The molecule has 0 aromatic rings. The first-order chi connectivity index (χ1) is 8.02. The van der Waals surface area contributed by atoms with E-state index in [2.05, 4.69) is 5.32 Å². The summed E-state index contributed by atoms with van der Waals surface area (Å²) in [7, 11) is 0. The molecule has 17 heavy (non-hydrogen) atoms. The number of hydrogen-bond acceptors (Lipinski definition) is 4. The number of amides is 2. The van der Waals surface area contributed by atoms with Crippen molar-refractivity contribution in [2.45, 2.75) is 25.6 Å². The smallest absolute Gasteiger partial charge is 0.317 e. The van der Waals surface area contributed by atoms with Crippen LogP contribution in [0.5, 0.6) is 0 Å². The maximum Gasteiger partial charge on any atom is 0.317 e. The lowest BCUT2D eigenvalue weighted by atomic mass is 10.2. The molecule has 1 saturated heterocycles. The second-order valence-corrected chi connectivity index (χ2v) is 4.03. The molecule has 2 unspecified atom stereocenters. The van der Waals surface area contributed by atoms with Crippen molar-refractivity contribution in [1.29, 1.82) is 0 Å². The monoisotopic (exact) mass is 246 g/mol. The molecular formula is C10H18N2O5. The third-order valence-corrected chi connectivity index (χ3v) is 2.43. The molecule has 0 spiro atoms. The highest BCUT2D eigenvalue weighted by Crippen LogP contribution is 2.10. The Morgan fingerprint density at radius 2 is 2.18 bits per heavy atom. The van der Waals surface area contributed by atoms with Crippen molar-refractivity contribution in [3.05, 3.63) is 0 Å². The Labute approximate surface area is 99.4 Å². The van der Waals surface area contributed by atoms with Gasteiger partial charge in [0.25, 0.3) is 0 Å². The Hall–Kier alpha value is -1.34. The number of carboxylic acid groups (broad SMARTS) is 1. The predicted molar refractivity (Wildman–Crippen MR) is 58.6 cm³/mol. The van der Waals surface area contributed by atoms with Crippen LogP contribution in [0.15, 0.2) is 0 Å². The number of nitrogens with one attached hydrogen (secondary N) is 1. The normalized spacial score (nSPS) is 24.5. The third-order valence-electron chi connectivity index (χ3n) is 2.43. The Balaban J connectivity index is 2.37. The van der Waals surface area contributed by atoms with E-state index in [4.69, 9.17) is 14.9 Å². The molecule has 1 aliphatic heterocycles. The fraction of sp³-hybridized carbons (Fsp3) is 0.800. The number of aliphatic carboxylic acids is 1. The van der Waals surface area contributed by atoms with Gasteiger partial charge in [-0.3, -0.25) is 4.79 Å². The summed E-state index contributed by atoms with van der Waals surface area (Å²) in [6, 6.07) is -0.320. The highest BCUT2D eigenvalue weighted by Gasteiger charge is 2.27. The van der Waals surface area contributed by atoms with Gasteiger partial charge in [0, 0.05) is 13.1 Å². The zero-order valence-corrected chi connectivity index (χ0v) is 9.76.